The molecule has 116 valence electrons. The van der Waals surface area contributed by atoms with Gasteiger partial charge in [0.05, 0.1) is 31.7 Å². The Labute approximate surface area is 127 Å². The molecular weight excluding hydrogens is 292 g/mol. The van der Waals surface area contributed by atoms with Crippen molar-refractivity contribution in [1.82, 2.24) is 10.2 Å². The molecule has 1 aromatic heterocycles. The van der Waals surface area contributed by atoms with Crippen molar-refractivity contribution in [3.8, 4) is 0 Å². The van der Waals surface area contributed by atoms with Gasteiger partial charge in [0, 0.05) is 16.3 Å². The molecule has 7 heteroatoms. The highest BCUT2D eigenvalue weighted by Gasteiger charge is 2.29. The normalized spacial score (nSPS) is 20.1. The van der Waals surface area contributed by atoms with Crippen molar-refractivity contribution in [2.75, 3.05) is 19.8 Å². The molecule has 21 heavy (non-hydrogen) atoms. The van der Waals surface area contributed by atoms with Gasteiger partial charge in [-0.3, -0.25) is 4.79 Å². The van der Waals surface area contributed by atoms with Crippen LogP contribution in [0, 0.1) is 6.92 Å². The lowest BCUT2D eigenvalue weighted by Crippen LogP contribution is -2.53. The maximum Gasteiger partial charge on any atom is 0.318 e. The number of morpholine rings is 1. The van der Waals surface area contributed by atoms with Crippen LogP contribution in [0.3, 0.4) is 0 Å². The van der Waals surface area contributed by atoms with Crippen LogP contribution in [0.4, 0.5) is 4.79 Å². The van der Waals surface area contributed by atoms with E-state index in [-0.39, 0.29) is 25.1 Å². The van der Waals surface area contributed by atoms with E-state index in [2.05, 4.69) is 5.32 Å². The molecule has 1 fully saturated rings. The summed E-state index contributed by atoms with van der Waals surface area (Å²) in [5.41, 5.74) is 0. The second-order valence-corrected chi connectivity index (χ2v) is 6.46. The Morgan fingerprint density at radius 2 is 2.33 bits per heavy atom. The Morgan fingerprint density at radius 1 is 1.57 bits per heavy atom. The van der Waals surface area contributed by atoms with Crippen LogP contribution in [-0.2, 0) is 9.53 Å². The maximum absolute atomic E-state index is 12.4. The van der Waals surface area contributed by atoms with Crippen LogP contribution in [0.25, 0.3) is 0 Å². The molecule has 1 saturated heterocycles. The predicted octanol–water partition coefficient (Wildman–Crippen LogP) is 2.00. The summed E-state index contributed by atoms with van der Waals surface area (Å²) in [4.78, 5) is 27.1. The molecule has 2 rings (SSSR count). The zero-order valence-corrected chi connectivity index (χ0v) is 13.0. The van der Waals surface area contributed by atoms with Crippen molar-refractivity contribution in [2.45, 2.75) is 32.4 Å². The number of carbonyl (C=O) groups is 2. The van der Waals surface area contributed by atoms with Crippen molar-refractivity contribution in [2.24, 2.45) is 0 Å². The van der Waals surface area contributed by atoms with E-state index in [0.29, 0.717) is 13.2 Å². The van der Waals surface area contributed by atoms with Gasteiger partial charge in [-0.05, 0) is 26.0 Å². The molecule has 0 aromatic carbocycles. The Morgan fingerprint density at radius 3 is 2.95 bits per heavy atom. The van der Waals surface area contributed by atoms with Gasteiger partial charge < -0.3 is 20.1 Å². The van der Waals surface area contributed by atoms with E-state index in [0.717, 1.165) is 4.88 Å². The van der Waals surface area contributed by atoms with Crippen molar-refractivity contribution in [1.29, 1.82) is 0 Å². The summed E-state index contributed by atoms with van der Waals surface area (Å²) in [6, 6.07) is 3.28. The van der Waals surface area contributed by atoms with E-state index in [4.69, 9.17) is 9.84 Å². The van der Waals surface area contributed by atoms with Gasteiger partial charge in [0.25, 0.3) is 0 Å². The Kier molecular flexibility index (Phi) is 5.19. The summed E-state index contributed by atoms with van der Waals surface area (Å²) >= 11 is 1.64. The minimum absolute atomic E-state index is 0.0930. The lowest BCUT2D eigenvalue weighted by Gasteiger charge is -2.35. The number of carboxylic acids is 1. The fourth-order valence-electron chi connectivity index (χ4n) is 2.32. The van der Waals surface area contributed by atoms with Crippen molar-refractivity contribution >= 4 is 23.3 Å². The van der Waals surface area contributed by atoms with E-state index in [9.17, 15) is 9.59 Å². The summed E-state index contributed by atoms with van der Waals surface area (Å²) < 4.78 is 5.27. The standard InChI is InChI=1S/C14H20N2O4S/c1-9-3-4-12(21-9)10(2)15-14(19)16-5-6-20-8-11(16)7-13(17)18/h3-4,10-11H,5-8H2,1-2H3,(H,15,19)(H,17,18). The minimum atomic E-state index is -0.926. The maximum atomic E-state index is 12.4. The van der Waals surface area contributed by atoms with E-state index < -0.39 is 12.0 Å². The fourth-order valence-corrected chi connectivity index (χ4v) is 3.20. The number of aliphatic carboxylic acids is 1. The zero-order chi connectivity index (χ0) is 15.4. The molecule has 2 heterocycles. The first-order chi connectivity index (χ1) is 9.97. The number of carbonyl (C=O) groups excluding carboxylic acids is 1. The van der Waals surface area contributed by atoms with Gasteiger partial charge in [-0.25, -0.2) is 4.79 Å². The fraction of sp³-hybridized carbons (Fsp3) is 0.571. The summed E-state index contributed by atoms with van der Waals surface area (Å²) in [5.74, 6) is -0.926. The Balaban J connectivity index is 1.98. The van der Waals surface area contributed by atoms with Crippen LogP contribution in [0.1, 0.15) is 29.1 Å². The molecule has 2 N–H and O–H groups in total. The molecule has 1 aromatic rings. The number of rotatable bonds is 4. The summed E-state index contributed by atoms with van der Waals surface area (Å²) in [7, 11) is 0. The first kappa shape index (κ1) is 15.8. The summed E-state index contributed by atoms with van der Waals surface area (Å²) in [5, 5.41) is 11.8. The molecule has 1 aliphatic heterocycles. The molecule has 0 saturated carbocycles. The van der Waals surface area contributed by atoms with Gasteiger partial charge in [-0.15, -0.1) is 11.3 Å². The molecular formula is C14H20N2O4S. The average molecular weight is 312 g/mol. The number of thiophene rings is 1. The molecule has 0 aliphatic carbocycles. The summed E-state index contributed by atoms with van der Waals surface area (Å²) in [6.45, 7) is 5.08. The van der Waals surface area contributed by atoms with Crippen LogP contribution >= 0.6 is 11.3 Å². The lowest BCUT2D eigenvalue weighted by molar-refractivity contribution is -0.139. The van der Waals surface area contributed by atoms with Gasteiger partial charge in [0.2, 0.25) is 0 Å². The quantitative estimate of drug-likeness (QED) is 0.891. The van der Waals surface area contributed by atoms with Gasteiger partial charge in [-0.2, -0.15) is 0 Å². The zero-order valence-electron chi connectivity index (χ0n) is 12.2. The number of aryl methyl sites for hydroxylation is 1. The largest absolute Gasteiger partial charge is 0.481 e. The molecule has 2 unspecified atom stereocenters. The van der Waals surface area contributed by atoms with Gasteiger partial charge in [0.1, 0.15) is 0 Å². The third-order valence-corrected chi connectivity index (χ3v) is 4.61. The first-order valence-electron chi connectivity index (χ1n) is 6.90. The second-order valence-electron chi connectivity index (χ2n) is 5.14. The number of amides is 2. The third-order valence-electron chi connectivity index (χ3n) is 3.43. The molecule has 0 radical (unpaired) electrons. The van der Waals surface area contributed by atoms with Crippen LogP contribution in [0.2, 0.25) is 0 Å². The molecule has 0 spiro atoms. The van der Waals surface area contributed by atoms with Crippen molar-refractivity contribution < 1.29 is 19.4 Å². The average Bonchev–Trinajstić information content (AvgIpc) is 2.85. The molecule has 0 bridgehead atoms. The van der Waals surface area contributed by atoms with Gasteiger partial charge in [0.15, 0.2) is 0 Å². The molecule has 6 nitrogen and oxygen atoms in total. The van der Waals surface area contributed by atoms with Crippen LogP contribution < -0.4 is 5.32 Å². The third kappa shape index (κ3) is 4.18. The van der Waals surface area contributed by atoms with Crippen LogP contribution in [0.5, 0.6) is 0 Å². The number of nitrogens with one attached hydrogen (secondary N) is 1. The van der Waals surface area contributed by atoms with Crippen molar-refractivity contribution in [3.05, 3.63) is 21.9 Å². The van der Waals surface area contributed by atoms with Crippen LogP contribution in [0.15, 0.2) is 12.1 Å². The predicted molar refractivity (Wildman–Crippen MR) is 79.6 cm³/mol. The van der Waals surface area contributed by atoms with E-state index >= 15 is 0 Å². The van der Waals surface area contributed by atoms with Crippen molar-refractivity contribution in [3.63, 3.8) is 0 Å². The number of hydrogen-bond acceptors (Lipinski definition) is 4. The number of hydrogen-bond donors (Lipinski definition) is 2. The molecule has 1 aliphatic rings. The van der Waals surface area contributed by atoms with E-state index in [1.54, 1.807) is 16.2 Å². The van der Waals surface area contributed by atoms with Crippen LogP contribution in [-0.4, -0.2) is 47.8 Å². The number of urea groups is 1. The summed E-state index contributed by atoms with van der Waals surface area (Å²) in [6.07, 6.45) is -0.0973. The second kappa shape index (κ2) is 6.91. The van der Waals surface area contributed by atoms with Gasteiger partial charge >= 0.3 is 12.0 Å². The highest BCUT2D eigenvalue weighted by atomic mass is 32.1. The SMILES string of the molecule is Cc1ccc(C(C)NC(=O)N2CCOCC2CC(=O)O)s1. The highest BCUT2D eigenvalue weighted by molar-refractivity contribution is 7.12. The smallest absolute Gasteiger partial charge is 0.318 e. The lowest BCUT2D eigenvalue weighted by atomic mass is 10.1. The van der Waals surface area contributed by atoms with E-state index in [1.807, 2.05) is 26.0 Å². The number of ether oxygens (including phenoxy) is 1. The van der Waals surface area contributed by atoms with Gasteiger partial charge in [-0.1, -0.05) is 0 Å². The first-order valence-corrected chi connectivity index (χ1v) is 7.72. The number of carboxylic acid groups (broad SMARTS) is 1. The Bertz CT molecular complexity index is 517. The number of nitrogens with zero attached hydrogens (tertiary/aromatic N) is 1. The highest BCUT2D eigenvalue weighted by Crippen LogP contribution is 2.23. The topological polar surface area (TPSA) is 78.9 Å². The Hall–Kier alpha value is -1.60. The molecule has 2 atom stereocenters. The monoisotopic (exact) mass is 312 g/mol. The van der Waals surface area contributed by atoms with E-state index in [1.165, 1.54) is 4.88 Å². The minimum Gasteiger partial charge on any atom is -0.481 e. The molecule has 2 amide bonds.